The first-order valence-electron chi connectivity index (χ1n) is 7.26. The van der Waals surface area contributed by atoms with Crippen molar-refractivity contribution >= 4 is 17.7 Å². The Morgan fingerprint density at radius 1 is 1.43 bits per heavy atom. The molecule has 0 aliphatic rings. The summed E-state index contributed by atoms with van der Waals surface area (Å²) in [5.74, 6) is 1.04. The Morgan fingerprint density at radius 3 is 2.57 bits per heavy atom. The van der Waals surface area contributed by atoms with Gasteiger partial charge in [0.05, 0.1) is 0 Å². The third kappa shape index (κ3) is 5.32. The molecule has 0 spiro atoms. The predicted molar refractivity (Wildman–Crippen MR) is 84.6 cm³/mol. The number of unbranched alkanes of at least 4 members (excludes halogenated alkanes) is 1. The smallest absolute Gasteiger partial charge is 0.323 e. The van der Waals surface area contributed by atoms with E-state index in [4.69, 9.17) is 0 Å². The first-order chi connectivity index (χ1) is 9.76. The summed E-state index contributed by atoms with van der Waals surface area (Å²) in [7, 11) is 1.95. The van der Waals surface area contributed by atoms with Crippen LogP contribution < -0.4 is 5.32 Å². The summed E-state index contributed by atoms with van der Waals surface area (Å²) < 4.78 is 1.96. The number of thioether (sulfide) groups is 1. The van der Waals surface area contributed by atoms with Gasteiger partial charge in [-0.05, 0) is 40.5 Å². The summed E-state index contributed by atoms with van der Waals surface area (Å²) >= 11 is 1.66. The second kappa shape index (κ2) is 7.79. The summed E-state index contributed by atoms with van der Waals surface area (Å²) in [5, 5.41) is 21.5. The van der Waals surface area contributed by atoms with Crippen LogP contribution in [-0.4, -0.2) is 43.2 Å². The van der Waals surface area contributed by atoms with Crippen molar-refractivity contribution < 1.29 is 9.90 Å². The fourth-order valence-corrected chi connectivity index (χ4v) is 3.09. The summed E-state index contributed by atoms with van der Waals surface area (Å²) in [6, 6.07) is 0.155. The quantitative estimate of drug-likeness (QED) is 0.537. The molecular weight excluding hydrogens is 288 g/mol. The van der Waals surface area contributed by atoms with Crippen LogP contribution in [0.4, 0.5) is 0 Å². The maximum Gasteiger partial charge on any atom is 0.323 e. The lowest BCUT2D eigenvalue weighted by Gasteiger charge is -2.28. The first kappa shape index (κ1) is 18.0. The molecule has 1 rings (SSSR count). The van der Waals surface area contributed by atoms with E-state index in [1.165, 1.54) is 0 Å². The molecule has 1 aromatic heterocycles. The Hall–Kier alpha value is -1.08. The van der Waals surface area contributed by atoms with Crippen LogP contribution >= 0.6 is 11.8 Å². The molecule has 0 amide bonds. The number of aromatic nitrogens is 3. The molecule has 0 aromatic carbocycles. The molecule has 21 heavy (non-hydrogen) atoms. The van der Waals surface area contributed by atoms with Gasteiger partial charge in [-0.15, -0.1) is 10.2 Å². The number of carboxylic acids is 1. The topological polar surface area (TPSA) is 80.0 Å². The lowest BCUT2D eigenvalue weighted by molar-refractivity contribution is -0.144. The van der Waals surface area contributed by atoms with Crippen molar-refractivity contribution in [1.82, 2.24) is 20.1 Å². The fourth-order valence-electron chi connectivity index (χ4n) is 2.14. The number of nitrogens with zero attached hydrogens (tertiary/aromatic N) is 3. The minimum absolute atomic E-state index is 0.155. The molecule has 0 radical (unpaired) electrons. The highest BCUT2D eigenvalue weighted by atomic mass is 32.2. The average Bonchev–Trinajstić information content (AvgIpc) is 2.69. The van der Waals surface area contributed by atoms with Crippen LogP contribution in [0.5, 0.6) is 0 Å². The van der Waals surface area contributed by atoms with Crippen molar-refractivity contribution in [3.63, 3.8) is 0 Å². The van der Waals surface area contributed by atoms with Gasteiger partial charge in [-0.2, -0.15) is 0 Å². The number of carbonyl (C=O) groups is 1. The zero-order chi connectivity index (χ0) is 16.0. The number of rotatable bonds is 9. The highest BCUT2D eigenvalue weighted by Gasteiger charge is 2.32. The van der Waals surface area contributed by atoms with Gasteiger partial charge in [0.15, 0.2) is 5.16 Å². The van der Waals surface area contributed by atoms with Crippen LogP contribution in [-0.2, 0) is 11.8 Å². The van der Waals surface area contributed by atoms with Gasteiger partial charge in [-0.1, -0.05) is 18.2 Å². The van der Waals surface area contributed by atoms with E-state index in [1.54, 1.807) is 18.7 Å². The maximum absolute atomic E-state index is 11.4. The largest absolute Gasteiger partial charge is 0.480 e. The zero-order valence-corrected chi connectivity index (χ0v) is 14.3. The van der Waals surface area contributed by atoms with E-state index in [1.807, 2.05) is 32.4 Å². The molecule has 1 atom stereocenters. The van der Waals surface area contributed by atoms with Gasteiger partial charge in [0.1, 0.15) is 11.4 Å². The van der Waals surface area contributed by atoms with Crippen LogP contribution in [0.15, 0.2) is 5.16 Å². The summed E-state index contributed by atoms with van der Waals surface area (Å²) in [4.78, 5) is 11.4. The summed E-state index contributed by atoms with van der Waals surface area (Å²) in [6.45, 7) is 7.61. The third-order valence-electron chi connectivity index (χ3n) is 3.43. The summed E-state index contributed by atoms with van der Waals surface area (Å²) in [5.41, 5.74) is -0.847. The van der Waals surface area contributed by atoms with E-state index in [-0.39, 0.29) is 6.04 Å². The number of carboxylic acid groups (broad SMARTS) is 1. The molecule has 0 saturated heterocycles. The van der Waals surface area contributed by atoms with Gasteiger partial charge >= 0.3 is 5.97 Å². The minimum Gasteiger partial charge on any atom is -0.480 e. The van der Waals surface area contributed by atoms with Crippen LogP contribution in [0.25, 0.3) is 0 Å². The van der Waals surface area contributed by atoms with Gasteiger partial charge in [0.25, 0.3) is 0 Å². The standard InChI is InChI=1S/C14H26N4O2S/c1-10(2)15-14(4,12(19)20)8-6-7-9-21-13-17-16-11(3)18(13)5/h10,15H,6-9H2,1-5H3,(H,19,20). The van der Waals surface area contributed by atoms with Crippen LogP contribution in [0.1, 0.15) is 45.9 Å². The molecular formula is C14H26N4O2S. The molecule has 7 heteroatoms. The van der Waals surface area contributed by atoms with Crippen LogP contribution in [0, 0.1) is 6.92 Å². The highest BCUT2D eigenvalue weighted by Crippen LogP contribution is 2.20. The van der Waals surface area contributed by atoms with Gasteiger partial charge in [-0.25, -0.2) is 0 Å². The summed E-state index contributed by atoms with van der Waals surface area (Å²) in [6.07, 6.45) is 2.45. The molecule has 0 aliphatic carbocycles. The molecule has 0 fully saturated rings. The second-order valence-electron chi connectivity index (χ2n) is 5.83. The Morgan fingerprint density at radius 2 is 2.10 bits per heavy atom. The molecule has 120 valence electrons. The van der Waals surface area contributed by atoms with Gasteiger partial charge in [0, 0.05) is 18.8 Å². The fraction of sp³-hybridized carbons (Fsp3) is 0.786. The normalized spacial score (nSPS) is 14.4. The number of aliphatic carboxylic acids is 1. The molecule has 0 aliphatic heterocycles. The van der Waals surface area contributed by atoms with Crippen molar-refractivity contribution in [3.05, 3.63) is 5.82 Å². The average molecular weight is 314 g/mol. The number of nitrogens with one attached hydrogen (secondary N) is 1. The number of hydrogen-bond acceptors (Lipinski definition) is 5. The Labute approximate surface area is 130 Å². The van der Waals surface area contributed by atoms with Gasteiger partial charge in [-0.3, -0.25) is 10.1 Å². The van der Waals surface area contributed by atoms with Crippen molar-refractivity contribution in [2.75, 3.05) is 5.75 Å². The van der Waals surface area contributed by atoms with Crippen LogP contribution in [0.3, 0.4) is 0 Å². The SMILES string of the molecule is Cc1nnc(SCCCCC(C)(NC(C)C)C(=O)O)n1C. The molecule has 1 heterocycles. The van der Waals surface area contributed by atoms with E-state index < -0.39 is 11.5 Å². The van der Waals surface area contributed by atoms with E-state index >= 15 is 0 Å². The van der Waals surface area contributed by atoms with Gasteiger partial charge < -0.3 is 9.67 Å². The Balaban J connectivity index is 2.35. The third-order valence-corrected chi connectivity index (χ3v) is 4.54. The Kier molecular flexibility index (Phi) is 6.67. The molecule has 6 nitrogen and oxygen atoms in total. The highest BCUT2D eigenvalue weighted by molar-refractivity contribution is 7.99. The van der Waals surface area contributed by atoms with E-state index in [0.717, 1.165) is 29.6 Å². The van der Waals surface area contributed by atoms with E-state index in [2.05, 4.69) is 15.5 Å². The van der Waals surface area contributed by atoms with Crippen molar-refractivity contribution in [1.29, 1.82) is 0 Å². The van der Waals surface area contributed by atoms with Crippen molar-refractivity contribution in [2.24, 2.45) is 7.05 Å². The minimum atomic E-state index is -0.847. The maximum atomic E-state index is 11.4. The predicted octanol–water partition coefficient (Wildman–Crippen LogP) is 2.23. The Bertz CT molecular complexity index is 476. The number of aryl methyl sites for hydroxylation is 1. The number of hydrogen-bond donors (Lipinski definition) is 2. The first-order valence-corrected chi connectivity index (χ1v) is 8.24. The molecule has 0 saturated carbocycles. The van der Waals surface area contributed by atoms with Gasteiger partial charge in [0.2, 0.25) is 0 Å². The van der Waals surface area contributed by atoms with E-state index in [0.29, 0.717) is 6.42 Å². The van der Waals surface area contributed by atoms with Crippen molar-refractivity contribution in [2.45, 2.75) is 63.7 Å². The van der Waals surface area contributed by atoms with Crippen LogP contribution in [0.2, 0.25) is 0 Å². The monoisotopic (exact) mass is 314 g/mol. The van der Waals surface area contributed by atoms with Crippen molar-refractivity contribution in [3.8, 4) is 0 Å². The van der Waals surface area contributed by atoms with E-state index in [9.17, 15) is 9.90 Å². The molecule has 2 N–H and O–H groups in total. The lowest BCUT2D eigenvalue weighted by atomic mass is 9.94. The zero-order valence-electron chi connectivity index (χ0n) is 13.5. The lowest BCUT2D eigenvalue weighted by Crippen LogP contribution is -2.52. The molecule has 1 aromatic rings. The molecule has 0 bridgehead atoms. The second-order valence-corrected chi connectivity index (χ2v) is 6.89. The molecule has 1 unspecified atom stereocenters.